The normalized spacial score (nSPS) is 13.7. The summed E-state index contributed by atoms with van der Waals surface area (Å²) in [6.45, 7) is 1.98. The maximum absolute atomic E-state index is 13.3. The Morgan fingerprint density at radius 3 is 2.73 bits per heavy atom. The van der Waals surface area contributed by atoms with Gasteiger partial charge in [-0.1, -0.05) is 0 Å². The van der Waals surface area contributed by atoms with Gasteiger partial charge >= 0.3 is 5.97 Å². The maximum Gasteiger partial charge on any atom is 0.338 e. The molecular weight excluding hydrogens is 396 g/mol. The third-order valence-electron chi connectivity index (χ3n) is 4.89. The number of aryl methyl sites for hydroxylation is 1. The van der Waals surface area contributed by atoms with Crippen LogP contribution in [-0.2, 0) is 22.5 Å². The smallest absolute Gasteiger partial charge is 0.338 e. The maximum atomic E-state index is 13.3. The molecule has 1 aliphatic heterocycles. The number of rotatable bonds is 4. The van der Waals surface area contributed by atoms with Crippen LogP contribution in [0, 0.1) is 11.6 Å². The SMILES string of the molecule is C[C@H](OC(=O)c1ccc2c(=O)n3c(nc2c1)CCC3)C(=O)Nc1ccc(F)c(F)c1. The van der Waals surface area contributed by atoms with Crippen LogP contribution < -0.4 is 10.9 Å². The van der Waals surface area contributed by atoms with Crippen molar-refractivity contribution in [1.82, 2.24) is 9.55 Å². The number of carbonyl (C=O) groups excluding carboxylic acids is 2. The van der Waals surface area contributed by atoms with Crippen LogP contribution in [-0.4, -0.2) is 27.5 Å². The Morgan fingerprint density at radius 1 is 1.17 bits per heavy atom. The highest BCUT2D eigenvalue weighted by molar-refractivity contribution is 5.98. The van der Waals surface area contributed by atoms with E-state index in [0.29, 0.717) is 29.7 Å². The summed E-state index contributed by atoms with van der Waals surface area (Å²) in [6, 6.07) is 7.31. The van der Waals surface area contributed by atoms with Gasteiger partial charge in [-0.2, -0.15) is 0 Å². The molecule has 2 heterocycles. The van der Waals surface area contributed by atoms with Gasteiger partial charge in [0.25, 0.3) is 11.5 Å². The van der Waals surface area contributed by atoms with Crippen molar-refractivity contribution >= 4 is 28.5 Å². The third kappa shape index (κ3) is 3.66. The highest BCUT2D eigenvalue weighted by Gasteiger charge is 2.21. The van der Waals surface area contributed by atoms with Crippen LogP contribution in [0.4, 0.5) is 14.5 Å². The number of halogens is 2. The lowest BCUT2D eigenvalue weighted by Crippen LogP contribution is -2.30. The van der Waals surface area contributed by atoms with Crippen LogP contribution in [0.1, 0.15) is 29.5 Å². The van der Waals surface area contributed by atoms with Gasteiger partial charge in [0.15, 0.2) is 17.7 Å². The van der Waals surface area contributed by atoms with E-state index in [9.17, 15) is 23.2 Å². The lowest BCUT2D eigenvalue weighted by molar-refractivity contribution is -0.123. The van der Waals surface area contributed by atoms with E-state index in [1.165, 1.54) is 31.2 Å². The number of fused-ring (bicyclic) bond motifs is 2. The molecule has 0 unspecified atom stereocenters. The molecule has 9 heteroatoms. The Morgan fingerprint density at radius 2 is 1.97 bits per heavy atom. The van der Waals surface area contributed by atoms with E-state index in [1.807, 2.05) is 0 Å². The van der Waals surface area contributed by atoms with Crippen molar-refractivity contribution in [2.75, 3.05) is 5.32 Å². The Balaban J connectivity index is 1.49. The van der Waals surface area contributed by atoms with Gasteiger partial charge in [0, 0.05) is 24.7 Å². The molecule has 0 saturated carbocycles. The zero-order valence-corrected chi connectivity index (χ0v) is 15.9. The zero-order chi connectivity index (χ0) is 21.4. The molecule has 1 aliphatic rings. The number of carbonyl (C=O) groups is 2. The number of hydrogen-bond acceptors (Lipinski definition) is 5. The summed E-state index contributed by atoms with van der Waals surface area (Å²) in [5.41, 5.74) is 0.420. The lowest BCUT2D eigenvalue weighted by atomic mass is 10.1. The first-order valence-corrected chi connectivity index (χ1v) is 9.34. The summed E-state index contributed by atoms with van der Waals surface area (Å²) >= 11 is 0. The fraction of sp³-hybridized carbons (Fsp3) is 0.238. The second-order valence-corrected chi connectivity index (χ2v) is 6.99. The van der Waals surface area contributed by atoms with Gasteiger partial charge in [0.2, 0.25) is 0 Å². The van der Waals surface area contributed by atoms with Crippen molar-refractivity contribution in [3.63, 3.8) is 0 Å². The van der Waals surface area contributed by atoms with Crippen molar-refractivity contribution in [3.8, 4) is 0 Å². The molecule has 3 aromatic rings. The summed E-state index contributed by atoms with van der Waals surface area (Å²) in [7, 11) is 0. The van der Waals surface area contributed by atoms with Crippen molar-refractivity contribution in [2.24, 2.45) is 0 Å². The monoisotopic (exact) mass is 413 g/mol. The number of benzene rings is 2. The Kier molecular flexibility index (Phi) is 5.03. The third-order valence-corrected chi connectivity index (χ3v) is 4.89. The van der Waals surface area contributed by atoms with Crippen LogP contribution >= 0.6 is 0 Å². The quantitative estimate of drug-likeness (QED) is 0.665. The number of hydrogen-bond donors (Lipinski definition) is 1. The molecule has 0 fully saturated rings. The van der Waals surface area contributed by atoms with Crippen molar-refractivity contribution in [3.05, 3.63) is 69.8 Å². The van der Waals surface area contributed by atoms with Crippen molar-refractivity contribution < 1.29 is 23.1 Å². The fourth-order valence-electron chi connectivity index (χ4n) is 3.31. The molecule has 0 radical (unpaired) electrons. The van der Waals surface area contributed by atoms with E-state index in [-0.39, 0.29) is 16.8 Å². The zero-order valence-electron chi connectivity index (χ0n) is 15.9. The van der Waals surface area contributed by atoms with Gasteiger partial charge < -0.3 is 10.1 Å². The van der Waals surface area contributed by atoms with Crippen LogP contribution in [0.2, 0.25) is 0 Å². The minimum atomic E-state index is -1.19. The number of ether oxygens (including phenoxy) is 1. The summed E-state index contributed by atoms with van der Waals surface area (Å²) in [5, 5.41) is 2.76. The molecule has 2 aromatic carbocycles. The molecule has 1 amide bonds. The molecule has 1 N–H and O–H groups in total. The van der Waals surface area contributed by atoms with E-state index >= 15 is 0 Å². The number of aromatic nitrogens is 2. The lowest BCUT2D eigenvalue weighted by Gasteiger charge is -2.14. The molecule has 4 rings (SSSR count). The average molecular weight is 413 g/mol. The Hall–Kier alpha value is -3.62. The molecule has 0 bridgehead atoms. The summed E-state index contributed by atoms with van der Waals surface area (Å²) in [5.74, 6) is -2.94. The minimum absolute atomic E-state index is 0.0334. The van der Waals surface area contributed by atoms with Crippen LogP contribution in [0.3, 0.4) is 0 Å². The largest absolute Gasteiger partial charge is 0.449 e. The number of nitrogens with one attached hydrogen (secondary N) is 1. The van der Waals surface area contributed by atoms with Gasteiger partial charge in [-0.15, -0.1) is 0 Å². The standard InChI is InChI=1S/C21H17F2N3O4/c1-11(19(27)24-13-5-7-15(22)16(23)10-13)30-21(29)12-4-6-14-17(9-12)25-18-3-2-8-26(18)20(14)28/h4-7,9-11H,2-3,8H2,1H3,(H,24,27)/t11-/m0/s1. The van der Waals surface area contributed by atoms with Gasteiger partial charge in [0.05, 0.1) is 16.5 Å². The minimum Gasteiger partial charge on any atom is -0.449 e. The molecule has 0 spiro atoms. The van der Waals surface area contributed by atoms with Gasteiger partial charge in [-0.3, -0.25) is 14.2 Å². The number of esters is 1. The molecule has 0 saturated heterocycles. The van der Waals surface area contributed by atoms with Crippen molar-refractivity contribution in [2.45, 2.75) is 32.4 Å². The topological polar surface area (TPSA) is 90.3 Å². The van der Waals surface area contributed by atoms with E-state index in [4.69, 9.17) is 4.74 Å². The van der Waals surface area contributed by atoms with Crippen LogP contribution in [0.5, 0.6) is 0 Å². The van der Waals surface area contributed by atoms with Gasteiger partial charge in [0.1, 0.15) is 5.82 Å². The molecule has 1 atom stereocenters. The predicted octanol–water partition coefficient (Wildman–Crippen LogP) is 2.80. The van der Waals surface area contributed by atoms with Gasteiger partial charge in [-0.25, -0.2) is 18.6 Å². The summed E-state index contributed by atoms with van der Waals surface area (Å²) in [4.78, 5) is 41.6. The molecule has 1 aromatic heterocycles. The first-order valence-electron chi connectivity index (χ1n) is 9.34. The highest BCUT2D eigenvalue weighted by atomic mass is 19.2. The fourth-order valence-corrected chi connectivity index (χ4v) is 3.31. The number of nitrogens with zero attached hydrogens (tertiary/aromatic N) is 2. The molecule has 0 aliphatic carbocycles. The van der Waals surface area contributed by atoms with E-state index in [1.54, 1.807) is 4.57 Å². The summed E-state index contributed by atoms with van der Waals surface area (Å²) in [6.07, 6.45) is 0.346. The molecular formula is C21H17F2N3O4. The van der Waals surface area contributed by atoms with E-state index < -0.39 is 29.6 Å². The van der Waals surface area contributed by atoms with Crippen molar-refractivity contribution in [1.29, 1.82) is 0 Å². The Labute approximate surface area is 169 Å². The molecule has 30 heavy (non-hydrogen) atoms. The van der Waals surface area contributed by atoms with E-state index in [2.05, 4.69) is 10.3 Å². The second kappa shape index (κ2) is 7.66. The Bertz CT molecular complexity index is 1240. The highest BCUT2D eigenvalue weighted by Crippen LogP contribution is 2.18. The van der Waals surface area contributed by atoms with Crippen LogP contribution in [0.15, 0.2) is 41.2 Å². The second-order valence-electron chi connectivity index (χ2n) is 6.99. The average Bonchev–Trinajstić information content (AvgIpc) is 3.19. The number of anilines is 1. The molecule has 154 valence electrons. The first kappa shape index (κ1) is 19.7. The van der Waals surface area contributed by atoms with Crippen LogP contribution in [0.25, 0.3) is 10.9 Å². The molecule has 7 nitrogen and oxygen atoms in total. The van der Waals surface area contributed by atoms with Gasteiger partial charge in [-0.05, 0) is 43.7 Å². The summed E-state index contributed by atoms with van der Waals surface area (Å²) < 4.78 is 33.0. The first-order chi connectivity index (χ1) is 14.3. The number of amides is 1. The predicted molar refractivity (Wildman–Crippen MR) is 104 cm³/mol. The van der Waals surface area contributed by atoms with E-state index in [0.717, 1.165) is 18.6 Å².